The van der Waals surface area contributed by atoms with Crippen molar-refractivity contribution in [2.75, 3.05) is 7.05 Å². The van der Waals surface area contributed by atoms with Crippen LogP contribution in [0.1, 0.15) is 27.7 Å². The molecule has 70 valence electrons. The highest BCUT2D eigenvalue weighted by Gasteiger charge is 2.27. The van der Waals surface area contributed by atoms with E-state index >= 15 is 0 Å². The van der Waals surface area contributed by atoms with Crippen LogP contribution in [-0.4, -0.2) is 30.2 Å². The molecule has 0 bridgehead atoms. The molecule has 0 saturated heterocycles. The van der Waals surface area contributed by atoms with E-state index in [0.717, 1.165) is 6.29 Å². The average Bonchev–Trinajstić information content (AvgIpc) is 1.98. The van der Waals surface area contributed by atoms with Crippen molar-refractivity contribution in [3.63, 3.8) is 0 Å². The number of hydrogen-bond acceptors (Lipinski definition) is 2. The topological polar surface area (TPSA) is 37.4 Å². The van der Waals surface area contributed by atoms with E-state index in [1.807, 2.05) is 20.8 Å². The molecule has 0 aromatic carbocycles. The van der Waals surface area contributed by atoms with Gasteiger partial charge >= 0.3 is 0 Å². The first-order valence-corrected chi connectivity index (χ1v) is 4.03. The lowest BCUT2D eigenvalue weighted by Crippen LogP contribution is -2.42. The van der Waals surface area contributed by atoms with Gasteiger partial charge < -0.3 is 9.69 Å². The highest BCUT2D eigenvalue weighted by Crippen LogP contribution is 2.17. The molecule has 12 heavy (non-hydrogen) atoms. The SMILES string of the molecule is C[C@@H](C=O)N(C)C(=O)C(C)(C)C. The highest BCUT2D eigenvalue weighted by molar-refractivity contribution is 5.83. The molecule has 0 aliphatic carbocycles. The number of carbonyl (C=O) groups is 2. The normalized spacial score (nSPS) is 13.8. The number of rotatable bonds is 2. The molecule has 1 atom stereocenters. The lowest BCUT2D eigenvalue weighted by molar-refractivity contribution is -0.141. The predicted octanol–water partition coefficient (Wildman–Crippen LogP) is 1.08. The Morgan fingerprint density at radius 1 is 1.42 bits per heavy atom. The summed E-state index contributed by atoms with van der Waals surface area (Å²) in [6.45, 7) is 7.21. The number of likely N-dealkylation sites (N-methyl/N-ethyl adjacent to an activating group) is 1. The van der Waals surface area contributed by atoms with E-state index in [1.165, 1.54) is 4.90 Å². The number of aldehydes is 1. The summed E-state index contributed by atoms with van der Waals surface area (Å²) in [6.07, 6.45) is 0.768. The summed E-state index contributed by atoms with van der Waals surface area (Å²) in [6, 6.07) is -0.336. The van der Waals surface area contributed by atoms with Crippen molar-refractivity contribution >= 4 is 12.2 Å². The second-order valence-corrected chi connectivity index (χ2v) is 4.04. The van der Waals surface area contributed by atoms with Gasteiger partial charge in [-0.25, -0.2) is 0 Å². The summed E-state index contributed by atoms with van der Waals surface area (Å²) >= 11 is 0. The Balaban J connectivity index is 4.40. The van der Waals surface area contributed by atoms with E-state index in [-0.39, 0.29) is 11.9 Å². The fourth-order valence-electron chi connectivity index (χ4n) is 0.805. The van der Waals surface area contributed by atoms with Crippen molar-refractivity contribution in [2.45, 2.75) is 33.7 Å². The molecule has 3 nitrogen and oxygen atoms in total. The van der Waals surface area contributed by atoms with Crippen LogP contribution in [0.4, 0.5) is 0 Å². The van der Waals surface area contributed by atoms with Crippen molar-refractivity contribution in [2.24, 2.45) is 5.41 Å². The van der Waals surface area contributed by atoms with Crippen LogP contribution in [0, 0.1) is 5.41 Å². The van der Waals surface area contributed by atoms with Crippen molar-refractivity contribution in [1.29, 1.82) is 0 Å². The minimum atomic E-state index is -0.411. The van der Waals surface area contributed by atoms with Gasteiger partial charge in [-0.2, -0.15) is 0 Å². The Hall–Kier alpha value is -0.860. The van der Waals surface area contributed by atoms with Gasteiger partial charge in [-0.05, 0) is 6.92 Å². The fourth-order valence-corrected chi connectivity index (χ4v) is 0.805. The molecule has 0 aromatic heterocycles. The zero-order chi connectivity index (χ0) is 9.94. The number of nitrogens with zero attached hydrogens (tertiary/aromatic N) is 1. The third-order valence-electron chi connectivity index (χ3n) is 1.77. The maximum absolute atomic E-state index is 11.5. The van der Waals surface area contributed by atoms with Gasteiger partial charge in [0.1, 0.15) is 6.29 Å². The van der Waals surface area contributed by atoms with Gasteiger partial charge in [-0.1, -0.05) is 20.8 Å². The standard InChI is InChI=1S/C9H17NO2/c1-7(6-11)10(5)8(12)9(2,3)4/h6-7H,1-5H3/t7-/m0/s1. The van der Waals surface area contributed by atoms with E-state index in [0.29, 0.717) is 0 Å². The van der Waals surface area contributed by atoms with Crippen LogP contribution in [-0.2, 0) is 9.59 Å². The smallest absolute Gasteiger partial charge is 0.228 e. The van der Waals surface area contributed by atoms with Crippen molar-refractivity contribution < 1.29 is 9.59 Å². The zero-order valence-electron chi connectivity index (χ0n) is 8.42. The van der Waals surface area contributed by atoms with Gasteiger partial charge in [-0.15, -0.1) is 0 Å². The van der Waals surface area contributed by atoms with Crippen LogP contribution in [0.25, 0.3) is 0 Å². The van der Waals surface area contributed by atoms with Crippen LogP contribution in [0.3, 0.4) is 0 Å². The van der Waals surface area contributed by atoms with Crippen LogP contribution >= 0.6 is 0 Å². The minimum Gasteiger partial charge on any atom is -0.336 e. The van der Waals surface area contributed by atoms with Gasteiger partial charge in [0.2, 0.25) is 5.91 Å². The number of hydrogen-bond donors (Lipinski definition) is 0. The van der Waals surface area contributed by atoms with Gasteiger partial charge in [0.25, 0.3) is 0 Å². The molecule has 1 amide bonds. The third-order valence-corrected chi connectivity index (χ3v) is 1.77. The van der Waals surface area contributed by atoms with E-state index < -0.39 is 5.41 Å². The average molecular weight is 171 g/mol. The molecule has 0 saturated carbocycles. The lowest BCUT2D eigenvalue weighted by atomic mass is 9.94. The van der Waals surface area contributed by atoms with E-state index in [9.17, 15) is 9.59 Å². The Kier molecular flexibility index (Phi) is 3.43. The molecule has 0 fully saturated rings. The third kappa shape index (κ3) is 2.64. The molecule has 0 rings (SSSR count). The first-order valence-electron chi connectivity index (χ1n) is 4.03. The Morgan fingerprint density at radius 2 is 1.83 bits per heavy atom. The maximum Gasteiger partial charge on any atom is 0.228 e. The fraction of sp³-hybridized carbons (Fsp3) is 0.778. The summed E-state index contributed by atoms with van der Waals surface area (Å²) < 4.78 is 0. The highest BCUT2D eigenvalue weighted by atomic mass is 16.2. The summed E-state index contributed by atoms with van der Waals surface area (Å²) in [4.78, 5) is 23.4. The first kappa shape index (κ1) is 11.1. The van der Waals surface area contributed by atoms with Gasteiger partial charge in [0, 0.05) is 12.5 Å². The van der Waals surface area contributed by atoms with Crippen molar-refractivity contribution in [3.05, 3.63) is 0 Å². The van der Waals surface area contributed by atoms with Crippen LogP contribution in [0.5, 0.6) is 0 Å². The van der Waals surface area contributed by atoms with Crippen molar-refractivity contribution in [3.8, 4) is 0 Å². The van der Waals surface area contributed by atoms with Gasteiger partial charge in [0.15, 0.2) is 0 Å². The summed E-state index contributed by atoms with van der Waals surface area (Å²) in [5.74, 6) is -0.0119. The zero-order valence-corrected chi connectivity index (χ0v) is 8.42. The van der Waals surface area contributed by atoms with E-state index in [2.05, 4.69) is 0 Å². The van der Waals surface area contributed by atoms with Crippen LogP contribution in [0.2, 0.25) is 0 Å². The molecule has 0 N–H and O–H groups in total. The summed E-state index contributed by atoms with van der Waals surface area (Å²) in [7, 11) is 1.65. The molecular weight excluding hydrogens is 154 g/mol. The van der Waals surface area contributed by atoms with E-state index in [4.69, 9.17) is 0 Å². The molecule has 0 aliphatic heterocycles. The molecule has 0 unspecified atom stereocenters. The quantitative estimate of drug-likeness (QED) is 0.583. The number of amides is 1. The monoisotopic (exact) mass is 171 g/mol. The van der Waals surface area contributed by atoms with Gasteiger partial charge in [0.05, 0.1) is 6.04 Å². The van der Waals surface area contributed by atoms with Gasteiger partial charge in [-0.3, -0.25) is 4.79 Å². The first-order chi connectivity index (χ1) is 5.30. The predicted molar refractivity (Wildman–Crippen MR) is 47.8 cm³/mol. The van der Waals surface area contributed by atoms with Crippen LogP contribution < -0.4 is 0 Å². The molecule has 3 heteroatoms. The number of carbonyl (C=O) groups excluding carboxylic acids is 2. The Morgan fingerprint density at radius 3 is 2.08 bits per heavy atom. The molecule has 0 radical (unpaired) electrons. The second-order valence-electron chi connectivity index (χ2n) is 4.04. The lowest BCUT2D eigenvalue weighted by Gasteiger charge is -2.28. The van der Waals surface area contributed by atoms with E-state index in [1.54, 1.807) is 14.0 Å². The summed E-state index contributed by atoms with van der Waals surface area (Å²) in [5.41, 5.74) is -0.411. The molecule has 0 spiro atoms. The largest absolute Gasteiger partial charge is 0.336 e. The molecule has 0 aliphatic rings. The molecule has 0 aromatic rings. The second kappa shape index (κ2) is 3.70. The van der Waals surface area contributed by atoms with Crippen molar-refractivity contribution in [1.82, 2.24) is 4.90 Å². The van der Waals surface area contributed by atoms with Crippen LogP contribution in [0.15, 0.2) is 0 Å². The maximum atomic E-state index is 11.5. The minimum absolute atomic E-state index is 0.0119. The Bertz CT molecular complexity index is 181. The molecular formula is C9H17NO2. The Labute approximate surface area is 73.7 Å². The molecule has 0 heterocycles. The summed E-state index contributed by atoms with van der Waals surface area (Å²) in [5, 5.41) is 0.